The Hall–Kier alpha value is -1.10. The van der Waals surface area contributed by atoms with Crippen LogP contribution in [-0.4, -0.2) is 47.7 Å². The van der Waals surface area contributed by atoms with Crippen LogP contribution in [-0.2, 0) is 14.3 Å². The Morgan fingerprint density at radius 1 is 1.50 bits per heavy atom. The number of aliphatic carboxylic acids is 1. The van der Waals surface area contributed by atoms with Crippen LogP contribution in [0.25, 0.3) is 0 Å². The molecule has 2 saturated heterocycles. The lowest BCUT2D eigenvalue weighted by atomic mass is 9.74. The van der Waals surface area contributed by atoms with Gasteiger partial charge in [-0.05, 0) is 26.2 Å². The first-order valence-electron chi connectivity index (χ1n) is 6.48. The van der Waals surface area contributed by atoms with E-state index in [9.17, 15) is 9.59 Å². The van der Waals surface area contributed by atoms with E-state index in [4.69, 9.17) is 9.84 Å². The highest BCUT2D eigenvalue weighted by molar-refractivity contribution is 5.84. The Morgan fingerprint density at radius 3 is 2.61 bits per heavy atom. The fourth-order valence-electron chi connectivity index (χ4n) is 3.16. The number of fused-ring (bicyclic) bond motifs is 2. The molecule has 5 heteroatoms. The molecule has 4 atom stereocenters. The monoisotopic (exact) mass is 255 g/mol. The van der Waals surface area contributed by atoms with Crippen LogP contribution in [0.2, 0.25) is 0 Å². The second-order valence-electron chi connectivity index (χ2n) is 5.87. The predicted molar refractivity (Wildman–Crippen MR) is 65.1 cm³/mol. The van der Waals surface area contributed by atoms with Gasteiger partial charge in [-0.1, -0.05) is 6.92 Å². The normalized spacial score (nSPS) is 35.5. The third kappa shape index (κ3) is 2.11. The second-order valence-corrected chi connectivity index (χ2v) is 5.87. The summed E-state index contributed by atoms with van der Waals surface area (Å²) in [4.78, 5) is 24.8. The lowest BCUT2D eigenvalue weighted by Gasteiger charge is -2.34. The topological polar surface area (TPSA) is 66.8 Å². The Morgan fingerprint density at radius 2 is 2.17 bits per heavy atom. The molecule has 102 valence electrons. The molecule has 2 bridgehead atoms. The van der Waals surface area contributed by atoms with E-state index in [0.29, 0.717) is 0 Å². The van der Waals surface area contributed by atoms with E-state index in [1.165, 1.54) is 0 Å². The van der Waals surface area contributed by atoms with E-state index in [1.807, 2.05) is 6.92 Å². The van der Waals surface area contributed by atoms with Crippen LogP contribution in [0.15, 0.2) is 0 Å². The smallest absolute Gasteiger partial charge is 0.308 e. The van der Waals surface area contributed by atoms with E-state index in [-0.39, 0.29) is 24.7 Å². The average molecular weight is 255 g/mol. The minimum absolute atomic E-state index is 0.0117. The maximum Gasteiger partial charge on any atom is 0.308 e. The maximum atomic E-state index is 12.5. The number of ether oxygens (including phenoxy) is 1. The summed E-state index contributed by atoms with van der Waals surface area (Å²) >= 11 is 0. The number of nitrogens with zero attached hydrogens (tertiary/aromatic N) is 1. The molecule has 0 saturated carbocycles. The van der Waals surface area contributed by atoms with Gasteiger partial charge in [0, 0.05) is 13.6 Å². The van der Waals surface area contributed by atoms with Crippen molar-refractivity contribution in [3.63, 3.8) is 0 Å². The summed E-state index contributed by atoms with van der Waals surface area (Å²) in [5.74, 6) is -1.39. The van der Waals surface area contributed by atoms with Gasteiger partial charge in [0.1, 0.15) is 0 Å². The van der Waals surface area contributed by atoms with Crippen molar-refractivity contribution in [3.8, 4) is 0 Å². The number of hydrogen-bond donors (Lipinski definition) is 1. The van der Waals surface area contributed by atoms with Crippen LogP contribution in [0.3, 0.4) is 0 Å². The first kappa shape index (κ1) is 13.3. The molecule has 0 aliphatic carbocycles. The summed E-state index contributed by atoms with van der Waals surface area (Å²) in [5, 5.41) is 8.88. The first-order chi connectivity index (χ1) is 8.34. The zero-order valence-corrected chi connectivity index (χ0v) is 11.2. The van der Waals surface area contributed by atoms with Crippen LogP contribution in [0.1, 0.15) is 33.1 Å². The van der Waals surface area contributed by atoms with Crippen molar-refractivity contribution in [2.45, 2.75) is 45.3 Å². The van der Waals surface area contributed by atoms with Crippen molar-refractivity contribution in [1.82, 2.24) is 4.90 Å². The SMILES string of the molecule is CC(CN(C)C(=O)C1(C)CC2CCC1O2)C(=O)O. The van der Waals surface area contributed by atoms with Gasteiger partial charge in [-0.15, -0.1) is 0 Å². The molecule has 2 rings (SSSR count). The molecule has 0 aromatic carbocycles. The maximum absolute atomic E-state index is 12.5. The van der Waals surface area contributed by atoms with Crippen molar-refractivity contribution < 1.29 is 19.4 Å². The predicted octanol–water partition coefficient (Wildman–Crippen LogP) is 1.12. The van der Waals surface area contributed by atoms with Crippen LogP contribution < -0.4 is 0 Å². The van der Waals surface area contributed by atoms with Crippen LogP contribution >= 0.6 is 0 Å². The Bertz CT molecular complexity index is 370. The summed E-state index contributed by atoms with van der Waals surface area (Å²) in [6, 6.07) is 0. The van der Waals surface area contributed by atoms with Crippen molar-refractivity contribution in [3.05, 3.63) is 0 Å². The van der Waals surface area contributed by atoms with Gasteiger partial charge in [0.05, 0.1) is 23.5 Å². The second kappa shape index (κ2) is 4.53. The van der Waals surface area contributed by atoms with E-state index >= 15 is 0 Å². The fraction of sp³-hybridized carbons (Fsp3) is 0.846. The molecule has 0 radical (unpaired) electrons. The van der Waals surface area contributed by atoms with Crippen molar-refractivity contribution in [1.29, 1.82) is 0 Å². The van der Waals surface area contributed by atoms with Crippen molar-refractivity contribution >= 4 is 11.9 Å². The van der Waals surface area contributed by atoms with Crippen LogP contribution in [0, 0.1) is 11.3 Å². The van der Waals surface area contributed by atoms with Crippen LogP contribution in [0.4, 0.5) is 0 Å². The zero-order chi connectivity index (χ0) is 13.5. The number of carboxylic acids is 1. The third-order valence-electron chi connectivity index (χ3n) is 4.27. The number of hydrogen-bond acceptors (Lipinski definition) is 3. The summed E-state index contributed by atoms with van der Waals surface area (Å²) in [5.41, 5.74) is -0.462. The Kier molecular flexibility index (Phi) is 3.36. The van der Waals surface area contributed by atoms with E-state index < -0.39 is 17.3 Å². The molecule has 1 N–H and O–H groups in total. The number of amides is 1. The fourth-order valence-corrected chi connectivity index (χ4v) is 3.16. The Labute approximate surface area is 107 Å². The molecular weight excluding hydrogens is 234 g/mol. The lowest BCUT2D eigenvalue weighted by Crippen LogP contribution is -2.47. The molecule has 0 aromatic heterocycles. The van der Waals surface area contributed by atoms with Gasteiger partial charge < -0.3 is 14.7 Å². The molecule has 2 aliphatic heterocycles. The summed E-state index contributed by atoms with van der Waals surface area (Å²) < 4.78 is 5.75. The van der Waals surface area contributed by atoms with Gasteiger partial charge >= 0.3 is 5.97 Å². The largest absolute Gasteiger partial charge is 0.481 e. The van der Waals surface area contributed by atoms with Crippen LogP contribution in [0.5, 0.6) is 0 Å². The molecule has 18 heavy (non-hydrogen) atoms. The molecule has 2 heterocycles. The van der Waals surface area contributed by atoms with E-state index in [1.54, 1.807) is 18.9 Å². The highest BCUT2D eigenvalue weighted by Crippen LogP contribution is 2.48. The zero-order valence-electron chi connectivity index (χ0n) is 11.2. The molecule has 1 amide bonds. The summed E-state index contributed by atoms with van der Waals surface area (Å²) in [6.07, 6.45) is 2.98. The lowest BCUT2D eigenvalue weighted by molar-refractivity contribution is -0.146. The van der Waals surface area contributed by atoms with Gasteiger partial charge in [-0.3, -0.25) is 9.59 Å². The van der Waals surface area contributed by atoms with Crippen molar-refractivity contribution in [2.24, 2.45) is 11.3 Å². The van der Waals surface area contributed by atoms with Crippen molar-refractivity contribution in [2.75, 3.05) is 13.6 Å². The van der Waals surface area contributed by atoms with Gasteiger partial charge in [0.15, 0.2) is 0 Å². The van der Waals surface area contributed by atoms with Gasteiger partial charge in [-0.2, -0.15) is 0 Å². The van der Waals surface area contributed by atoms with E-state index in [0.717, 1.165) is 19.3 Å². The standard InChI is InChI=1S/C13H21NO4/c1-8(11(15)16)7-14(3)12(17)13(2)6-9-4-5-10(13)18-9/h8-10H,4-7H2,1-3H3,(H,15,16). The van der Waals surface area contributed by atoms with Gasteiger partial charge in [-0.25, -0.2) is 0 Å². The molecule has 0 aromatic rings. The number of rotatable bonds is 4. The molecule has 5 nitrogen and oxygen atoms in total. The Balaban J connectivity index is 2.01. The quantitative estimate of drug-likeness (QED) is 0.817. The molecule has 2 fully saturated rings. The van der Waals surface area contributed by atoms with Gasteiger partial charge in [0.2, 0.25) is 5.91 Å². The molecule has 0 spiro atoms. The average Bonchev–Trinajstić information content (AvgIpc) is 2.87. The van der Waals surface area contributed by atoms with Gasteiger partial charge in [0.25, 0.3) is 0 Å². The first-order valence-corrected chi connectivity index (χ1v) is 6.48. The number of carbonyl (C=O) groups excluding carboxylic acids is 1. The minimum Gasteiger partial charge on any atom is -0.481 e. The highest BCUT2D eigenvalue weighted by Gasteiger charge is 2.54. The molecular formula is C13H21NO4. The third-order valence-corrected chi connectivity index (χ3v) is 4.27. The number of carbonyl (C=O) groups is 2. The molecule has 4 unspecified atom stereocenters. The summed E-state index contributed by atoms with van der Waals surface area (Å²) in [6.45, 7) is 3.81. The van der Waals surface area contributed by atoms with E-state index in [2.05, 4.69) is 0 Å². The number of carboxylic acid groups (broad SMARTS) is 1. The summed E-state index contributed by atoms with van der Waals surface area (Å²) in [7, 11) is 1.68. The minimum atomic E-state index is -0.871. The highest BCUT2D eigenvalue weighted by atomic mass is 16.5. The molecule has 2 aliphatic rings.